The van der Waals surface area contributed by atoms with E-state index in [1.807, 2.05) is 18.2 Å². The molecule has 0 bridgehead atoms. The van der Waals surface area contributed by atoms with Crippen LogP contribution in [0.4, 0.5) is 0 Å². The molecule has 0 saturated carbocycles. The number of aromatic nitrogens is 1. The number of hydrogen-bond acceptors (Lipinski definition) is 4. The van der Waals surface area contributed by atoms with Gasteiger partial charge in [-0.15, -0.1) is 0 Å². The third-order valence-electron chi connectivity index (χ3n) is 3.30. The van der Waals surface area contributed by atoms with Crippen LogP contribution in [0.1, 0.15) is 16.7 Å². The van der Waals surface area contributed by atoms with Crippen LogP contribution >= 0.6 is 23.2 Å². The number of benzene rings is 1. The normalized spacial score (nSPS) is 13.2. The van der Waals surface area contributed by atoms with Gasteiger partial charge in [-0.3, -0.25) is 0 Å². The van der Waals surface area contributed by atoms with E-state index in [9.17, 15) is 0 Å². The van der Waals surface area contributed by atoms with Crippen LogP contribution in [0, 0.1) is 0 Å². The van der Waals surface area contributed by atoms with Crippen molar-refractivity contribution in [3.63, 3.8) is 0 Å². The number of pyridine rings is 1. The summed E-state index contributed by atoms with van der Waals surface area (Å²) in [5.74, 6) is 0.840. The lowest BCUT2D eigenvalue weighted by molar-refractivity contribution is 0.414. The zero-order valence-corrected chi connectivity index (χ0v) is 12.9. The van der Waals surface area contributed by atoms with Gasteiger partial charge in [-0.05, 0) is 41.5 Å². The number of nitrogens with one attached hydrogen (secondary N) is 1. The van der Waals surface area contributed by atoms with Crippen molar-refractivity contribution in [2.45, 2.75) is 13.0 Å². The average molecular weight is 322 g/mol. The molecule has 1 aromatic heterocycles. The van der Waals surface area contributed by atoms with E-state index >= 15 is 0 Å². The lowest BCUT2D eigenvalue weighted by atomic mass is 9.97. The third-order valence-corrected chi connectivity index (χ3v) is 3.69. The first-order valence-corrected chi connectivity index (χ1v) is 7.20. The van der Waals surface area contributed by atoms with Crippen LogP contribution in [-0.4, -0.2) is 17.8 Å². The fourth-order valence-electron chi connectivity index (χ4n) is 2.35. The Labute approximate surface area is 132 Å². The van der Waals surface area contributed by atoms with Gasteiger partial charge < -0.3 is 10.2 Å². The maximum absolute atomic E-state index is 5.94. The molecule has 21 heavy (non-hydrogen) atoms. The highest BCUT2D eigenvalue weighted by atomic mass is 35.5. The van der Waals surface area contributed by atoms with Crippen molar-refractivity contribution in [3.8, 4) is 5.75 Å². The summed E-state index contributed by atoms with van der Waals surface area (Å²) in [7, 11) is 1.66. The molecule has 0 saturated heterocycles. The van der Waals surface area contributed by atoms with Crippen molar-refractivity contribution >= 4 is 28.9 Å². The summed E-state index contributed by atoms with van der Waals surface area (Å²) in [5.41, 5.74) is 7.23. The minimum Gasteiger partial charge on any atom is -0.497 e. The minimum absolute atomic E-state index is 0.386. The van der Waals surface area contributed by atoms with Crippen LogP contribution in [0.5, 0.6) is 5.75 Å². The molecule has 0 atom stereocenters. The number of ether oxygens (including phenoxy) is 1. The van der Waals surface area contributed by atoms with Crippen molar-refractivity contribution in [1.29, 1.82) is 0 Å². The summed E-state index contributed by atoms with van der Waals surface area (Å²) in [6.45, 7) is 0.688. The number of rotatable bonds is 3. The third kappa shape index (κ3) is 3.12. The molecule has 0 radical (unpaired) electrons. The van der Waals surface area contributed by atoms with Crippen LogP contribution in [0.2, 0.25) is 10.3 Å². The van der Waals surface area contributed by atoms with Crippen LogP contribution in [0.25, 0.3) is 0 Å². The number of methoxy groups -OCH3 is 1. The Morgan fingerprint density at radius 2 is 1.95 bits per heavy atom. The predicted octanol–water partition coefficient (Wildman–Crippen LogP) is 3.45. The number of halogens is 2. The van der Waals surface area contributed by atoms with Crippen molar-refractivity contribution in [1.82, 2.24) is 10.4 Å². The Bertz CT molecular complexity index is 696. The second-order valence-corrected chi connectivity index (χ2v) is 5.49. The maximum Gasteiger partial charge on any atom is 0.131 e. The van der Waals surface area contributed by atoms with Gasteiger partial charge in [0.1, 0.15) is 16.1 Å². The van der Waals surface area contributed by atoms with Gasteiger partial charge >= 0.3 is 0 Å². The molecule has 108 valence electrons. The molecule has 2 aromatic rings. The molecular weight excluding hydrogens is 309 g/mol. The molecule has 0 fully saturated rings. The number of hydrogen-bond donors (Lipinski definition) is 1. The predicted molar refractivity (Wildman–Crippen MR) is 84.3 cm³/mol. The van der Waals surface area contributed by atoms with Crippen molar-refractivity contribution in [3.05, 3.63) is 57.3 Å². The minimum atomic E-state index is 0.386. The van der Waals surface area contributed by atoms with Crippen LogP contribution < -0.4 is 10.2 Å². The molecular formula is C15H13Cl2N3O. The molecule has 2 heterocycles. The largest absolute Gasteiger partial charge is 0.497 e. The average Bonchev–Trinajstić information content (AvgIpc) is 2.46. The zero-order chi connectivity index (χ0) is 14.8. The Morgan fingerprint density at radius 1 is 1.19 bits per heavy atom. The molecule has 1 aliphatic rings. The first-order valence-electron chi connectivity index (χ1n) is 6.44. The van der Waals surface area contributed by atoms with Gasteiger partial charge in [0.05, 0.1) is 19.4 Å². The summed E-state index contributed by atoms with van der Waals surface area (Å²) in [6, 6.07) is 9.58. The van der Waals surface area contributed by atoms with Crippen molar-refractivity contribution < 1.29 is 4.74 Å². The van der Waals surface area contributed by atoms with Gasteiger partial charge in [0.15, 0.2) is 0 Å². The second-order valence-electron chi connectivity index (χ2n) is 4.71. The smallest absolute Gasteiger partial charge is 0.131 e. The van der Waals surface area contributed by atoms with E-state index in [4.69, 9.17) is 27.9 Å². The van der Waals surface area contributed by atoms with Crippen LogP contribution in [0.3, 0.4) is 0 Å². The second kappa shape index (κ2) is 5.92. The lowest BCUT2D eigenvalue weighted by Gasteiger charge is -2.18. The zero-order valence-electron chi connectivity index (χ0n) is 11.4. The van der Waals surface area contributed by atoms with E-state index in [-0.39, 0.29) is 0 Å². The molecule has 0 spiro atoms. The van der Waals surface area contributed by atoms with E-state index in [0.29, 0.717) is 23.3 Å². The first-order chi connectivity index (χ1) is 10.2. The van der Waals surface area contributed by atoms with Crippen molar-refractivity contribution in [2.75, 3.05) is 7.11 Å². The fourth-order valence-corrected chi connectivity index (χ4v) is 2.86. The monoisotopic (exact) mass is 321 g/mol. The summed E-state index contributed by atoms with van der Waals surface area (Å²) in [4.78, 5) is 3.95. The summed E-state index contributed by atoms with van der Waals surface area (Å²) >= 11 is 11.9. The lowest BCUT2D eigenvalue weighted by Crippen LogP contribution is -2.22. The molecule has 0 amide bonds. The van der Waals surface area contributed by atoms with E-state index < -0.39 is 0 Å². The van der Waals surface area contributed by atoms with Gasteiger partial charge in [-0.25, -0.2) is 4.98 Å². The highest BCUT2D eigenvalue weighted by Gasteiger charge is 2.16. The number of hydrazone groups is 1. The standard InChI is InChI=1S/C15H13Cl2N3O/c1-21-11-2-3-12-10(7-11)8-18-20-13(12)4-9-5-14(16)19-15(17)6-9/h2-3,5-7,18H,4,8H2,1H3. The highest BCUT2D eigenvalue weighted by molar-refractivity contribution is 6.32. The quantitative estimate of drug-likeness (QED) is 0.881. The fraction of sp³-hybridized carbons (Fsp3) is 0.200. The molecule has 0 unspecified atom stereocenters. The summed E-state index contributed by atoms with van der Waals surface area (Å²) in [5, 5.41) is 5.17. The first kappa shape index (κ1) is 14.2. The molecule has 1 aliphatic heterocycles. The van der Waals surface area contributed by atoms with Crippen LogP contribution in [0.15, 0.2) is 35.4 Å². The molecule has 1 N–H and O–H groups in total. The Kier molecular flexibility index (Phi) is 3.99. The molecule has 1 aromatic carbocycles. The molecule has 0 aliphatic carbocycles. The van der Waals surface area contributed by atoms with Gasteiger partial charge in [0, 0.05) is 12.0 Å². The SMILES string of the molecule is COc1ccc2c(c1)CNN=C2Cc1cc(Cl)nc(Cl)c1. The molecule has 6 heteroatoms. The van der Waals surface area contributed by atoms with Gasteiger partial charge in [0.2, 0.25) is 0 Å². The van der Waals surface area contributed by atoms with Gasteiger partial charge in [-0.2, -0.15) is 5.10 Å². The molecule has 3 rings (SSSR count). The Balaban J connectivity index is 1.92. The van der Waals surface area contributed by atoms with Gasteiger partial charge in [-0.1, -0.05) is 23.2 Å². The van der Waals surface area contributed by atoms with E-state index in [1.54, 1.807) is 19.2 Å². The van der Waals surface area contributed by atoms with E-state index in [2.05, 4.69) is 15.5 Å². The van der Waals surface area contributed by atoms with E-state index in [1.165, 1.54) is 0 Å². The Morgan fingerprint density at radius 3 is 2.67 bits per heavy atom. The van der Waals surface area contributed by atoms with E-state index in [0.717, 1.165) is 28.2 Å². The number of nitrogens with zero attached hydrogens (tertiary/aromatic N) is 2. The molecule has 4 nitrogen and oxygen atoms in total. The van der Waals surface area contributed by atoms with Crippen LogP contribution in [-0.2, 0) is 13.0 Å². The topological polar surface area (TPSA) is 46.5 Å². The van der Waals surface area contributed by atoms with Crippen molar-refractivity contribution in [2.24, 2.45) is 5.10 Å². The Hall–Kier alpha value is -1.78. The maximum atomic E-state index is 5.94. The summed E-state index contributed by atoms with van der Waals surface area (Å²) < 4.78 is 5.25. The number of fused-ring (bicyclic) bond motifs is 1. The highest BCUT2D eigenvalue weighted by Crippen LogP contribution is 2.23. The summed E-state index contributed by atoms with van der Waals surface area (Å²) in [6.07, 6.45) is 0.633. The van der Waals surface area contributed by atoms with Gasteiger partial charge in [0.25, 0.3) is 0 Å².